The molecule has 2 unspecified atom stereocenters. The van der Waals surface area contributed by atoms with Gasteiger partial charge in [-0.25, -0.2) is 8.42 Å². The van der Waals surface area contributed by atoms with Gasteiger partial charge in [-0.05, 0) is 13.3 Å². The summed E-state index contributed by atoms with van der Waals surface area (Å²) in [5.74, 6) is -1.60. The molecular weight excluding hydrogens is 352 g/mol. The van der Waals surface area contributed by atoms with Crippen molar-refractivity contribution in [2.75, 3.05) is 26.3 Å². The van der Waals surface area contributed by atoms with Gasteiger partial charge in [0.05, 0.1) is 18.8 Å². The summed E-state index contributed by atoms with van der Waals surface area (Å²) in [4.78, 5) is 22.2. The highest BCUT2D eigenvalue weighted by molar-refractivity contribution is 7.89. The SMILES string of the molecule is CC(=O)NCCN(C(C)C(=O)O)S(=O)(=O)c1cnn(C2CCOC2)c1. The average Bonchev–Trinajstić information content (AvgIpc) is 3.20. The molecule has 1 aromatic heterocycles. The topological polar surface area (TPSA) is 131 Å². The number of nitrogens with one attached hydrogen (secondary N) is 1. The molecule has 2 N–H and O–H groups in total. The van der Waals surface area contributed by atoms with E-state index in [-0.39, 0.29) is 29.9 Å². The van der Waals surface area contributed by atoms with Gasteiger partial charge >= 0.3 is 5.97 Å². The van der Waals surface area contributed by atoms with Crippen molar-refractivity contribution in [3.8, 4) is 0 Å². The first-order valence-electron chi connectivity index (χ1n) is 7.84. The van der Waals surface area contributed by atoms with Crippen LogP contribution in [0.1, 0.15) is 26.3 Å². The molecule has 0 bridgehead atoms. The molecular formula is C14H22N4O6S. The van der Waals surface area contributed by atoms with Crippen molar-refractivity contribution in [3.05, 3.63) is 12.4 Å². The number of hydrogen-bond donors (Lipinski definition) is 2. The second-order valence-corrected chi connectivity index (χ2v) is 7.68. The third-order valence-electron chi connectivity index (χ3n) is 3.96. The van der Waals surface area contributed by atoms with E-state index in [1.165, 1.54) is 30.9 Å². The van der Waals surface area contributed by atoms with Gasteiger partial charge < -0.3 is 15.2 Å². The van der Waals surface area contributed by atoms with Crippen LogP contribution in [0.25, 0.3) is 0 Å². The molecule has 2 atom stereocenters. The van der Waals surface area contributed by atoms with E-state index in [0.29, 0.717) is 13.2 Å². The number of hydrogen-bond acceptors (Lipinski definition) is 6. The standard InChI is InChI=1S/C14H22N4O6S/c1-10(14(20)21)18(5-4-15-11(2)19)25(22,23)13-7-16-17(8-13)12-3-6-24-9-12/h7-8,10,12H,3-6,9H2,1-2H3,(H,15,19)(H,20,21). The molecule has 0 aliphatic carbocycles. The van der Waals surface area contributed by atoms with Gasteiger partial charge in [0, 0.05) is 32.8 Å². The van der Waals surface area contributed by atoms with Crippen LogP contribution in [0.2, 0.25) is 0 Å². The fraction of sp³-hybridized carbons (Fsp3) is 0.643. The van der Waals surface area contributed by atoms with Crippen molar-refractivity contribution in [1.29, 1.82) is 0 Å². The van der Waals surface area contributed by atoms with Crippen molar-refractivity contribution in [1.82, 2.24) is 19.4 Å². The Balaban J connectivity index is 2.23. The highest BCUT2D eigenvalue weighted by atomic mass is 32.2. The Morgan fingerprint density at radius 3 is 2.84 bits per heavy atom. The second kappa shape index (κ2) is 7.93. The fourth-order valence-electron chi connectivity index (χ4n) is 2.51. The molecule has 25 heavy (non-hydrogen) atoms. The maximum atomic E-state index is 12.8. The molecule has 2 rings (SSSR count). The Kier molecular flexibility index (Phi) is 6.14. The summed E-state index contributed by atoms with van der Waals surface area (Å²) >= 11 is 0. The zero-order valence-electron chi connectivity index (χ0n) is 14.1. The molecule has 0 spiro atoms. The number of carboxylic acid groups (broad SMARTS) is 1. The van der Waals surface area contributed by atoms with Gasteiger partial charge in [0.25, 0.3) is 0 Å². The largest absolute Gasteiger partial charge is 0.480 e. The molecule has 1 aliphatic rings. The zero-order chi connectivity index (χ0) is 18.6. The van der Waals surface area contributed by atoms with Crippen LogP contribution in [0.5, 0.6) is 0 Å². The lowest BCUT2D eigenvalue weighted by molar-refractivity contribution is -0.140. The lowest BCUT2D eigenvalue weighted by atomic mass is 10.3. The number of carbonyl (C=O) groups excluding carboxylic acids is 1. The summed E-state index contributed by atoms with van der Waals surface area (Å²) in [6.07, 6.45) is 3.32. The van der Waals surface area contributed by atoms with Gasteiger partial charge in [0.15, 0.2) is 0 Å². The van der Waals surface area contributed by atoms with Gasteiger partial charge in [0.2, 0.25) is 15.9 Å². The lowest BCUT2D eigenvalue weighted by Crippen LogP contribution is -2.46. The minimum Gasteiger partial charge on any atom is -0.480 e. The predicted molar refractivity (Wildman–Crippen MR) is 86.4 cm³/mol. The van der Waals surface area contributed by atoms with Crippen LogP contribution in [0, 0.1) is 0 Å². The van der Waals surface area contributed by atoms with E-state index in [1.807, 2.05) is 0 Å². The van der Waals surface area contributed by atoms with Gasteiger partial charge in [-0.1, -0.05) is 0 Å². The number of sulfonamides is 1. The van der Waals surface area contributed by atoms with Crippen molar-refractivity contribution in [3.63, 3.8) is 0 Å². The number of amides is 1. The minimum absolute atomic E-state index is 0.0107. The molecule has 140 valence electrons. The predicted octanol–water partition coefficient (Wildman–Crippen LogP) is -0.556. The first-order valence-corrected chi connectivity index (χ1v) is 9.28. The molecule has 0 aromatic carbocycles. The molecule has 0 saturated carbocycles. The van der Waals surface area contributed by atoms with Crippen LogP contribution in [-0.2, 0) is 24.3 Å². The van der Waals surface area contributed by atoms with E-state index in [1.54, 1.807) is 0 Å². The monoisotopic (exact) mass is 374 g/mol. The third-order valence-corrected chi connectivity index (χ3v) is 5.88. The van der Waals surface area contributed by atoms with Crippen LogP contribution in [0.15, 0.2) is 17.3 Å². The molecule has 11 heteroatoms. The van der Waals surface area contributed by atoms with Gasteiger partial charge in [0.1, 0.15) is 10.9 Å². The van der Waals surface area contributed by atoms with Crippen LogP contribution in [0.4, 0.5) is 0 Å². The van der Waals surface area contributed by atoms with Crippen molar-refractivity contribution in [2.45, 2.75) is 37.2 Å². The molecule has 0 radical (unpaired) electrons. The number of aromatic nitrogens is 2. The Morgan fingerprint density at radius 2 is 2.28 bits per heavy atom. The van der Waals surface area contributed by atoms with E-state index >= 15 is 0 Å². The third kappa shape index (κ3) is 4.55. The van der Waals surface area contributed by atoms with E-state index in [2.05, 4.69) is 10.4 Å². The van der Waals surface area contributed by atoms with E-state index in [9.17, 15) is 23.1 Å². The molecule has 1 aromatic rings. The highest BCUT2D eigenvalue weighted by Crippen LogP contribution is 2.22. The first kappa shape index (κ1) is 19.3. The Hall–Kier alpha value is -1.98. The smallest absolute Gasteiger partial charge is 0.321 e. The summed E-state index contributed by atoms with van der Waals surface area (Å²) in [5, 5.41) is 15.8. The fourth-order valence-corrected chi connectivity index (χ4v) is 4.04. The highest BCUT2D eigenvalue weighted by Gasteiger charge is 2.34. The number of carbonyl (C=O) groups is 2. The molecule has 1 saturated heterocycles. The van der Waals surface area contributed by atoms with Crippen LogP contribution in [0.3, 0.4) is 0 Å². The van der Waals surface area contributed by atoms with Crippen molar-refractivity contribution >= 4 is 21.9 Å². The van der Waals surface area contributed by atoms with Crippen molar-refractivity contribution < 1.29 is 27.9 Å². The van der Waals surface area contributed by atoms with E-state index in [4.69, 9.17) is 4.74 Å². The normalized spacial score (nSPS) is 19.1. The molecule has 10 nitrogen and oxygen atoms in total. The van der Waals surface area contributed by atoms with Gasteiger partial charge in [-0.15, -0.1) is 0 Å². The average molecular weight is 374 g/mol. The summed E-state index contributed by atoms with van der Waals surface area (Å²) in [6, 6.07) is -1.31. The zero-order valence-corrected chi connectivity index (χ0v) is 14.9. The number of carboxylic acids is 1. The van der Waals surface area contributed by atoms with Crippen LogP contribution in [-0.4, -0.2) is 71.8 Å². The number of ether oxygens (including phenoxy) is 1. The van der Waals surface area contributed by atoms with Crippen LogP contribution >= 0.6 is 0 Å². The Bertz CT molecular complexity index is 725. The number of aliphatic carboxylic acids is 1. The Morgan fingerprint density at radius 1 is 1.56 bits per heavy atom. The maximum absolute atomic E-state index is 12.8. The quantitative estimate of drug-likeness (QED) is 0.624. The summed E-state index contributed by atoms with van der Waals surface area (Å²) in [7, 11) is -4.07. The number of nitrogens with zero attached hydrogens (tertiary/aromatic N) is 3. The Labute approximate surface area is 145 Å². The first-order chi connectivity index (χ1) is 11.7. The maximum Gasteiger partial charge on any atom is 0.321 e. The lowest BCUT2D eigenvalue weighted by Gasteiger charge is -2.25. The molecule has 1 aliphatic heterocycles. The van der Waals surface area contributed by atoms with E-state index < -0.39 is 22.0 Å². The molecule has 1 fully saturated rings. The molecule has 1 amide bonds. The second-order valence-electron chi connectivity index (χ2n) is 5.79. The van der Waals surface area contributed by atoms with Crippen LogP contribution < -0.4 is 5.32 Å². The van der Waals surface area contributed by atoms with Gasteiger partial charge in [-0.2, -0.15) is 9.40 Å². The summed E-state index contributed by atoms with van der Waals surface area (Å²) in [5.41, 5.74) is 0. The minimum atomic E-state index is -4.07. The van der Waals surface area contributed by atoms with Gasteiger partial charge in [-0.3, -0.25) is 14.3 Å². The van der Waals surface area contributed by atoms with Crippen molar-refractivity contribution in [2.24, 2.45) is 0 Å². The van der Waals surface area contributed by atoms with E-state index in [0.717, 1.165) is 10.7 Å². The number of rotatable bonds is 8. The summed E-state index contributed by atoms with van der Waals surface area (Å²) in [6.45, 7) is 3.48. The molecule has 2 heterocycles. The summed E-state index contributed by atoms with van der Waals surface area (Å²) < 4.78 is 33.3.